The second-order valence-corrected chi connectivity index (χ2v) is 5.36. The first-order chi connectivity index (χ1) is 8.64. The van der Waals surface area contributed by atoms with Crippen molar-refractivity contribution in [3.63, 3.8) is 0 Å². The molecular formula is C15H23FN2. The van der Waals surface area contributed by atoms with Gasteiger partial charge in [-0.2, -0.15) is 0 Å². The summed E-state index contributed by atoms with van der Waals surface area (Å²) in [5.41, 5.74) is 7.49. The van der Waals surface area contributed by atoms with Gasteiger partial charge in [-0.1, -0.05) is 19.9 Å². The molecule has 1 aliphatic rings. The molecule has 0 spiro atoms. The summed E-state index contributed by atoms with van der Waals surface area (Å²) in [4.78, 5) is 2.30. The molecule has 0 aliphatic carbocycles. The Kier molecular flexibility index (Phi) is 3.91. The van der Waals surface area contributed by atoms with Gasteiger partial charge in [-0.05, 0) is 36.8 Å². The number of nitrogens with two attached hydrogens (primary N) is 1. The predicted octanol–water partition coefficient (Wildman–Crippen LogP) is 3.30. The number of hydrogen-bond donors (Lipinski definition) is 1. The van der Waals surface area contributed by atoms with Crippen LogP contribution in [-0.2, 0) is 6.54 Å². The van der Waals surface area contributed by atoms with Crippen molar-refractivity contribution in [1.82, 2.24) is 0 Å². The van der Waals surface area contributed by atoms with E-state index in [2.05, 4.69) is 18.7 Å². The van der Waals surface area contributed by atoms with Crippen molar-refractivity contribution in [2.24, 2.45) is 11.1 Å². The lowest BCUT2D eigenvalue weighted by molar-refractivity contribution is 0.301. The monoisotopic (exact) mass is 250 g/mol. The first-order valence-corrected chi connectivity index (χ1v) is 6.87. The minimum Gasteiger partial charge on any atom is -0.371 e. The Balaban J connectivity index is 2.17. The highest BCUT2D eigenvalue weighted by Crippen LogP contribution is 2.39. The van der Waals surface area contributed by atoms with Crippen LogP contribution in [0.5, 0.6) is 0 Å². The Morgan fingerprint density at radius 2 is 2.06 bits per heavy atom. The quantitative estimate of drug-likeness (QED) is 0.888. The lowest BCUT2D eigenvalue weighted by atomic mass is 9.82. The van der Waals surface area contributed by atoms with Crippen LogP contribution in [0.15, 0.2) is 18.2 Å². The Morgan fingerprint density at radius 1 is 1.33 bits per heavy atom. The molecule has 0 radical (unpaired) electrons. The van der Waals surface area contributed by atoms with Crippen LogP contribution in [0.25, 0.3) is 0 Å². The number of anilines is 1. The molecule has 0 unspecified atom stereocenters. The molecule has 100 valence electrons. The molecule has 2 nitrogen and oxygen atoms in total. The minimum atomic E-state index is -0.180. The zero-order chi connectivity index (χ0) is 13.2. The summed E-state index contributed by atoms with van der Waals surface area (Å²) < 4.78 is 13.8. The third-order valence-electron chi connectivity index (χ3n) is 4.56. The van der Waals surface area contributed by atoms with Crippen molar-refractivity contribution in [1.29, 1.82) is 0 Å². The third kappa shape index (κ3) is 2.37. The van der Waals surface area contributed by atoms with E-state index in [1.165, 1.54) is 19.3 Å². The fourth-order valence-corrected chi connectivity index (χ4v) is 2.88. The van der Waals surface area contributed by atoms with Crippen LogP contribution in [0.4, 0.5) is 10.1 Å². The highest BCUT2D eigenvalue weighted by atomic mass is 19.1. The van der Waals surface area contributed by atoms with Crippen molar-refractivity contribution in [2.75, 3.05) is 18.0 Å². The standard InChI is InChI=1S/C15H23FN2/c1-3-15(4-2)7-8-18(11-15)13-6-5-12(10-17)14(16)9-13/h5-6,9H,3-4,7-8,10-11,17H2,1-2H3. The van der Waals surface area contributed by atoms with Gasteiger partial charge in [0.15, 0.2) is 0 Å². The maximum absolute atomic E-state index is 13.8. The van der Waals surface area contributed by atoms with E-state index in [1.54, 1.807) is 6.07 Å². The van der Waals surface area contributed by atoms with Crippen LogP contribution in [0.2, 0.25) is 0 Å². The van der Waals surface area contributed by atoms with Gasteiger partial charge < -0.3 is 10.6 Å². The molecule has 1 fully saturated rings. The Hall–Kier alpha value is -1.09. The fourth-order valence-electron chi connectivity index (χ4n) is 2.88. The zero-order valence-electron chi connectivity index (χ0n) is 11.4. The van der Waals surface area contributed by atoms with Gasteiger partial charge in [0.25, 0.3) is 0 Å². The van der Waals surface area contributed by atoms with Crippen molar-refractivity contribution >= 4 is 5.69 Å². The summed E-state index contributed by atoms with van der Waals surface area (Å²) in [5, 5.41) is 0. The predicted molar refractivity (Wildman–Crippen MR) is 74.1 cm³/mol. The van der Waals surface area contributed by atoms with E-state index in [0.717, 1.165) is 18.8 Å². The van der Waals surface area contributed by atoms with Gasteiger partial charge in [0.05, 0.1) is 0 Å². The fraction of sp³-hybridized carbons (Fsp3) is 0.600. The largest absolute Gasteiger partial charge is 0.371 e. The number of rotatable bonds is 4. The van der Waals surface area contributed by atoms with E-state index in [-0.39, 0.29) is 12.4 Å². The summed E-state index contributed by atoms with van der Waals surface area (Å²) in [5.74, 6) is -0.180. The summed E-state index contributed by atoms with van der Waals surface area (Å²) in [6.45, 7) is 6.85. The SMILES string of the molecule is CCC1(CC)CCN(c2ccc(CN)c(F)c2)C1. The molecule has 0 saturated carbocycles. The molecule has 1 heterocycles. The molecular weight excluding hydrogens is 227 g/mol. The molecule has 2 N–H and O–H groups in total. The molecule has 2 rings (SSSR count). The Morgan fingerprint density at radius 3 is 2.56 bits per heavy atom. The first kappa shape index (κ1) is 13.3. The van der Waals surface area contributed by atoms with Crippen LogP contribution < -0.4 is 10.6 Å². The number of nitrogens with zero attached hydrogens (tertiary/aromatic N) is 1. The Labute approximate surface area is 109 Å². The van der Waals surface area contributed by atoms with Crippen molar-refractivity contribution in [3.8, 4) is 0 Å². The maximum atomic E-state index is 13.8. The van der Waals surface area contributed by atoms with Crippen LogP contribution in [-0.4, -0.2) is 13.1 Å². The zero-order valence-corrected chi connectivity index (χ0v) is 11.4. The molecule has 3 heteroatoms. The molecule has 0 amide bonds. The molecule has 1 aromatic rings. The second-order valence-electron chi connectivity index (χ2n) is 5.36. The van der Waals surface area contributed by atoms with E-state index in [9.17, 15) is 4.39 Å². The molecule has 1 aliphatic heterocycles. The van der Waals surface area contributed by atoms with Crippen LogP contribution in [0, 0.1) is 11.2 Å². The Bertz CT molecular complexity index is 413. The van der Waals surface area contributed by atoms with Gasteiger partial charge in [0, 0.05) is 30.9 Å². The lowest BCUT2D eigenvalue weighted by Crippen LogP contribution is -2.26. The first-order valence-electron chi connectivity index (χ1n) is 6.87. The topological polar surface area (TPSA) is 29.3 Å². The van der Waals surface area contributed by atoms with Crippen molar-refractivity contribution < 1.29 is 4.39 Å². The van der Waals surface area contributed by atoms with Gasteiger partial charge in [0.1, 0.15) is 5.82 Å². The number of halogens is 1. The van der Waals surface area contributed by atoms with Gasteiger partial charge in [-0.15, -0.1) is 0 Å². The molecule has 0 aromatic heterocycles. The van der Waals surface area contributed by atoms with Crippen LogP contribution in [0.3, 0.4) is 0 Å². The van der Waals surface area contributed by atoms with Gasteiger partial charge in [-0.3, -0.25) is 0 Å². The van der Waals surface area contributed by atoms with Gasteiger partial charge in [-0.25, -0.2) is 4.39 Å². The lowest BCUT2D eigenvalue weighted by Gasteiger charge is -2.27. The van der Waals surface area contributed by atoms with Crippen LogP contribution >= 0.6 is 0 Å². The average Bonchev–Trinajstić information content (AvgIpc) is 2.84. The normalized spacial score (nSPS) is 18.3. The highest BCUT2D eigenvalue weighted by Gasteiger charge is 2.35. The average molecular weight is 250 g/mol. The summed E-state index contributed by atoms with van der Waals surface area (Å²) >= 11 is 0. The molecule has 18 heavy (non-hydrogen) atoms. The van der Waals surface area contributed by atoms with Gasteiger partial charge >= 0.3 is 0 Å². The van der Waals surface area contributed by atoms with Crippen molar-refractivity contribution in [3.05, 3.63) is 29.6 Å². The molecule has 1 aromatic carbocycles. The summed E-state index contributed by atoms with van der Waals surface area (Å²) in [6.07, 6.45) is 3.60. The summed E-state index contributed by atoms with van der Waals surface area (Å²) in [6, 6.07) is 5.43. The third-order valence-corrected chi connectivity index (χ3v) is 4.56. The van der Waals surface area contributed by atoms with Crippen LogP contribution in [0.1, 0.15) is 38.7 Å². The van der Waals surface area contributed by atoms with E-state index in [1.807, 2.05) is 12.1 Å². The van der Waals surface area contributed by atoms with E-state index in [4.69, 9.17) is 5.73 Å². The van der Waals surface area contributed by atoms with E-state index in [0.29, 0.717) is 11.0 Å². The molecule has 0 bridgehead atoms. The minimum absolute atomic E-state index is 0.180. The highest BCUT2D eigenvalue weighted by molar-refractivity contribution is 5.49. The molecule has 0 atom stereocenters. The van der Waals surface area contributed by atoms with E-state index >= 15 is 0 Å². The smallest absolute Gasteiger partial charge is 0.129 e. The maximum Gasteiger partial charge on any atom is 0.129 e. The number of hydrogen-bond acceptors (Lipinski definition) is 2. The summed E-state index contributed by atoms with van der Waals surface area (Å²) in [7, 11) is 0. The van der Waals surface area contributed by atoms with Gasteiger partial charge in [0.2, 0.25) is 0 Å². The number of benzene rings is 1. The second kappa shape index (κ2) is 5.27. The van der Waals surface area contributed by atoms with Crippen molar-refractivity contribution in [2.45, 2.75) is 39.7 Å². The van der Waals surface area contributed by atoms with E-state index < -0.39 is 0 Å². The molecule has 1 saturated heterocycles.